The van der Waals surface area contributed by atoms with Gasteiger partial charge >= 0.3 is 6.03 Å². The quantitative estimate of drug-likeness (QED) is 0.876. The van der Waals surface area contributed by atoms with Crippen LogP contribution in [0.25, 0.3) is 0 Å². The summed E-state index contributed by atoms with van der Waals surface area (Å²) in [7, 11) is 0. The van der Waals surface area contributed by atoms with E-state index in [0.717, 1.165) is 6.54 Å². The maximum atomic E-state index is 11.8. The molecule has 0 spiro atoms. The molecule has 2 amide bonds. The average Bonchev–Trinajstić information content (AvgIpc) is 3.26. The van der Waals surface area contributed by atoms with Gasteiger partial charge in [0.25, 0.3) is 0 Å². The molecule has 0 saturated heterocycles. The van der Waals surface area contributed by atoms with E-state index in [0.29, 0.717) is 18.4 Å². The third-order valence-electron chi connectivity index (χ3n) is 3.92. The number of hydrogen-bond acceptors (Lipinski definition) is 2. The van der Waals surface area contributed by atoms with Crippen molar-refractivity contribution in [1.29, 1.82) is 0 Å². The molecule has 0 aliphatic heterocycles. The number of rotatable bonds is 5. The molecule has 21 heavy (non-hydrogen) atoms. The fourth-order valence-corrected chi connectivity index (χ4v) is 2.58. The molecule has 116 valence electrons. The first-order chi connectivity index (χ1) is 9.92. The number of aromatic nitrogens is 2. The second-order valence-corrected chi connectivity index (χ2v) is 7.40. The topological polar surface area (TPSA) is 59.0 Å². The second-order valence-electron chi connectivity index (χ2n) is 7.40. The first-order valence-electron chi connectivity index (χ1n) is 8.06. The van der Waals surface area contributed by atoms with E-state index in [1.54, 1.807) is 0 Å². The molecule has 0 aromatic carbocycles. The average molecular weight is 290 g/mol. The largest absolute Gasteiger partial charge is 0.336 e. The Bertz CT molecular complexity index is 521. The van der Waals surface area contributed by atoms with E-state index in [1.165, 1.54) is 37.1 Å². The standard InChI is InChI=1S/C16H26N4O/c1-16(2,3)18-15(21)17-8-9-20-14(12-6-7-12)10-13(19-20)11-4-5-11/h10-12H,4-9H2,1-3H3,(H2,17,18,21). The van der Waals surface area contributed by atoms with Gasteiger partial charge in [-0.15, -0.1) is 0 Å². The highest BCUT2D eigenvalue weighted by atomic mass is 16.2. The SMILES string of the molecule is CC(C)(C)NC(=O)NCCn1nc(C2CC2)cc1C1CC1. The van der Waals surface area contributed by atoms with Gasteiger partial charge in [0.1, 0.15) is 0 Å². The highest BCUT2D eigenvalue weighted by molar-refractivity contribution is 5.74. The summed E-state index contributed by atoms with van der Waals surface area (Å²) in [4.78, 5) is 11.8. The zero-order valence-electron chi connectivity index (χ0n) is 13.3. The van der Waals surface area contributed by atoms with Crippen molar-refractivity contribution in [1.82, 2.24) is 20.4 Å². The predicted octanol–water partition coefficient (Wildman–Crippen LogP) is 2.74. The van der Waals surface area contributed by atoms with Crippen molar-refractivity contribution in [2.75, 3.05) is 6.54 Å². The summed E-state index contributed by atoms with van der Waals surface area (Å²) in [5.74, 6) is 1.40. The molecule has 1 heterocycles. The summed E-state index contributed by atoms with van der Waals surface area (Å²) >= 11 is 0. The number of carbonyl (C=O) groups excluding carboxylic acids is 1. The summed E-state index contributed by atoms with van der Waals surface area (Å²) in [5, 5.41) is 10.6. The van der Waals surface area contributed by atoms with Crippen LogP contribution in [0.5, 0.6) is 0 Å². The monoisotopic (exact) mass is 290 g/mol. The summed E-state index contributed by atoms with van der Waals surface area (Å²) in [5.41, 5.74) is 2.43. The fourth-order valence-electron chi connectivity index (χ4n) is 2.58. The maximum Gasteiger partial charge on any atom is 0.315 e. The first kappa shape index (κ1) is 14.4. The van der Waals surface area contributed by atoms with Gasteiger partial charge in [-0.1, -0.05) is 0 Å². The first-order valence-corrected chi connectivity index (χ1v) is 8.06. The molecule has 5 nitrogen and oxygen atoms in total. The molecule has 2 N–H and O–H groups in total. The van der Waals surface area contributed by atoms with Crippen molar-refractivity contribution in [3.8, 4) is 0 Å². The highest BCUT2D eigenvalue weighted by Crippen LogP contribution is 2.44. The number of nitrogens with one attached hydrogen (secondary N) is 2. The van der Waals surface area contributed by atoms with Crippen molar-refractivity contribution < 1.29 is 4.79 Å². The van der Waals surface area contributed by atoms with Crippen molar-refractivity contribution in [3.05, 3.63) is 17.5 Å². The van der Waals surface area contributed by atoms with Crippen LogP contribution in [-0.4, -0.2) is 27.9 Å². The lowest BCUT2D eigenvalue weighted by Gasteiger charge is -2.20. The van der Waals surface area contributed by atoms with E-state index >= 15 is 0 Å². The normalized spacial score (nSPS) is 18.6. The molecule has 0 radical (unpaired) electrons. The number of carbonyl (C=O) groups is 1. The zero-order chi connectivity index (χ0) is 15.0. The van der Waals surface area contributed by atoms with Crippen molar-refractivity contribution in [2.45, 2.75) is 70.4 Å². The lowest BCUT2D eigenvalue weighted by Crippen LogP contribution is -2.47. The van der Waals surface area contributed by atoms with Gasteiger partial charge in [0, 0.05) is 29.6 Å². The van der Waals surface area contributed by atoms with E-state index < -0.39 is 0 Å². The van der Waals surface area contributed by atoms with Gasteiger partial charge < -0.3 is 10.6 Å². The minimum absolute atomic E-state index is 0.106. The summed E-state index contributed by atoms with van der Waals surface area (Å²) in [6, 6.07) is 2.19. The maximum absolute atomic E-state index is 11.8. The van der Waals surface area contributed by atoms with Crippen LogP contribution in [0.1, 0.15) is 69.7 Å². The number of hydrogen-bond donors (Lipinski definition) is 2. The molecule has 5 heteroatoms. The van der Waals surface area contributed by atoms with Crippen molar-refractivity contribution in [2.24, 2.45) is 0 Å². The van der Waals surface area contributed by atoms with Gasteiger partial charge in [-0.25, -0.2) is 4.79 Å². The van der Waals surface area contributed by atoms with Gasteiger partial charge in [-0.05, 0) is 52.5 Å². The second kappa shape index (κ2) is 5.35. The van der Waals surface area contributed by atoms with Crippen LogP contribution >= 0.6 is 0 Å². The lowest BCUT2D eigenvalue weighted by atomic mass is 10.1. The zero-order valence-corrected chi connectivity index (χ0v) is 13.3. The van der Waals surface area contributed by atoms with Crippen LogP contribution in [0.2, 0.25) is 0 Å². The van der Waals surface area contributed by atoms with Crippen LogP contribution in [0.4, 0.5) is 4.79 Å². The molecule has 2 aliphatic carbocycles. The number of nitrogens with zero attached hydrogens (tertiary/aromatic N) is 2. The molecule has 0 atom stereocenters. The van der Waals surface area contributed by atoms with Gasteiger partial charge in [0.05, 0.1) is 12.2 Å². The van der Waals surface area contributed by atoms with E-state index in [1.807, 2.05) is 20.8 Å². The molecule has 1 aromatic heterocycles. The van der Waals surface area contributed by atoms with Crippen LogP contribution < -0.4 is 10.6 Å². The number of amides is 2. The van der Waals surface area contributed by atoms with E-state index in [2.05, 4.69) is 21.4 Å². The Morgan fingerprint density at radius 1 is 1.29 bits per heavy atom. The van der Waals surface area contributed by atoms with Gasteiger partial charge in [-0.3, -0.25) is 4.68 Å². The molecule has 0 unspecified atom stereocenters. The van der Waals surface area contributed by atoms with E-state index in [-0.39, 0.29) is 11.6 Å². The summed E-state index contributed by atoms with van der Waals surface area (Å²) in [6.45, 7) is 7.32. The molecule has 2 aliphatic rings. The molecule has 0 bridgehead atoms. The smallest absolute Gasteiger partial charge is 0.315 e. The minimum Gasteiger partial charge on any atom is -0.336 e. The summed E-state index contributed by atoms with van der Waals surface area (Å²) in [6.07, 6.45) is 5.14. The van der Waals surface area contributed by atoms with Gasteiger partial charge in [-0.2, -0.15) is 5.10 Å². The summed E-state index contributed by atoms with van der Waals surface area (Å²) < 4.78 is 2.11. The Morgan fingerprint density at radius 3 is 2.52 bits per heavy atom. The predicted molar refractivity (Wildman–Crippen MR) is 82.5 cm³/mol. The van der Waals surface area contributed by atoms with Gasteiger partial charge in [0.2, 0.25) is 0 Å². The molecule has 3 rings (SSSR count). The van der Waals surface area contributed by atoms with Crippen LogP contribution in [0, 0.1) is 0 Å². The van der Waals surface area contributed by atoms with E-state index in [9.17, 15) is 4.79 Å². The molecular weight excluding hydrogens is 264 g/mol. The van der Waals surface area contributed by atoms with Crippen LogP contribution in [0.15, 0.2) is 6.07 Å². The van der Waals surface area contributed by atoms with Crippen molar-refractivity contribution in [3.63, 3.8) is 0 Å². The van der Waals surface area contributed by atoms with E-state index in [4.69, 9.17) is 5.10 Å². The molecule has 2 saturated carbocycles. The van der Waals surface area contributed by atoms with Gasteiger partial charge in [0.15, 0.2) is 0 Å². The Morgan fingerprint density at radius 2 is 1.95 bits per heavy atom. The fraction of sp³-hybridized carbons (Fsp3) is 0.750. The Kier molecular flexibility index (Phi) is 3.68. The third-order valence-corrected chi connectivity index (χ3v) is 3.92. The third kappa shape index (κ3) is 3.99. The van der Waals surface area contributed by atoms with Crippen molar-refractivity contribution >= 4 is 6.03 Å². The lowest BCUT2D eigenvalue weighted by molar-refractivity contribution is 0.231. The molecular formula is C16H26N4O. The Labute approximate surface area is 126 Å². The Balaban J connectivity index is 1.54. The number of urea groups is 1. The molecule has 2 fully saturated rings. The minimum atomic E-state index is -0.200. The van der Waals surface area contributed by atoms with Crippen LogP contribution in [-0.2, 0) is 6.54 Å². The molecule has 1 aromatic rings. The Hall–Kier alpha value is -1.52. The van der Waals surface area contributed by atoms with Crippen LogP contribution in [0.3, 0.4) is 0 Å². The highest BCUT2D eigenvalue weighted by Gasteiger charge is 2.32.